The third-order valence-electron chi connectivity index (χ3n) is 1.61. The number of tetrazole rings is 1. The predicted octanol–water partition coefficient (Wildman–Crippen LogP) is 0.454. The molecule has 13 heavy (non-hydrogen) atoms. The lowest BCUT2D eigenvalue weighted by Gasteiger charge is -1.92. The Balaban J connectivity index is 2.47. The van der Waals surface area contributed by atoms with Crippen LogP contribution in [0.4, 0.5) is 0 Å². The molecule has 0 unspecified atom stereocenters. The average Bonchev–Trinajstić information content (AvgIpc) is 2.53. The molecule has 2 aromatic rings. The van der Waals surface area contributed by atoms with Crippen LogP contribution in [0.3, 0.4) is 0 Å². The Morgan fingerprint density at radius 3 is 2.85 bits per heavy atom. The van der Waals surface area contributed by atoms with Crippen molar-refractivity contribution >= 4 is 15.9 Å². The van der Waals surface area contributed by atoms with E-state index in [0.29, 0.717) is 5.82 Å². The van der Waals surface area contributed by atoms with Crippen LogP contribution in [0.1, 0.15) is 0 Å². The SMILES string of the molecule is C[n+]1[nH]nnc1-c1ccc(Br)cn1. The monoisotopic (exact) mass is 240 g/mol. The Hall–Kier alpha value is -1.30. The van der Waals surface area contributed by atoms with Gasteiger partial charge in [-0.25, -0.2) is 4.98 Å². The van der Waals surface area contributed by atoms with Crippen LogP contribution in [0.15, 0.2) is 22.8 Å². The maximum atomic E-state index is 4.19. The minimum Gasteiger partial charge on any atom is -0.248 e. The maximum Gasteiger partial charge on any atom is 0.350 e. The number of aromatic amines is 1. The Bertz CT molecular complexity index is 407. The topological polar surface area (TPSA) is 58.3 Å². The zero-order valence-electron chi connectivity index (χ0n) is 6.90. The third kappa shape index (κ3) is 1.57. The minimum atomic E-state index is 0.715. The van der Waals surface area contributed by atoms with Gasteiger partial charge >= 0.3 is 5.82 Å². The van der Waals surface area contributed by atoms with Crippen LogP contribution in [-0.2, 0) is 7.05 Å². The van der Waals surface area contributed by atoms with E-state index in [4.69, 9.17) is 0 Å². The van der Waals surface area contributed by atoms with Gasteiger partial charge in [0.05, 0.1) is 7.05 Å². The molecule has 0 spiro atoms. The van der Waals surface area contributed by atoms with Crippen molar-refractivity contribution in [2.24, 2.45) is 7.05 Å². The second kappa shape index (κ2) is 3.21. The molecule has 0 aliphatic heterocycles. The van der Waals surface area contributed by atoms with Gasteiger partial charge in [-0.05, 0) is 28.1 Å². The number of hydrogen-bond donors (Lipinski definition) is 1. The van der Waals surface area contributed by atoms with Gasteiger partial charge in [-0.1, -0.05) is 5.21 Å². The summed E-state index contributed by atoms with van der Waals surface area (Å²) in [5.74, 6) is 0.715. The first-order valence-corrected chi connectivity index (χ1v) is 4.45. The first kappa shape index (κ1) is 8.31. The predicted molar refractivity (Wildman–Crippen MR) is 48.5 cm³/mol. The van der Waals surface area contributed by atoms with Crippen LogP contribution in [0.2, 0.25) is 0 Å². The Labute approximate surface area is 82.9 Å². The summed E-state index contributed by atoms with van der Waals surface area (Å²) in [4.78, 5) is 4.19. The minimum absolute atomic E-state index is 0.715. The number of nitrogens with one attached hydrogen (secondary N) is 1. The summed E-state index contributed by atoms with van der Waals surface area (Å²) >= 11 is 3.31. The summed E-state index contributed by atoms with van der Waals surface area (Å²) in [5, 5.41) is 10.2. The molecule has 0 saturated carbocycles. The highest BCUT2D eigenvalue weighted by Gasteiger charge is 2.14. The number of pyridine rings is 1. The van der Waals surface area contributed by atoms with Crippen molar-refractivity contribution in [3.05, 3.63) is 22.8 Å². The van der Waals surface area contributed by atoms with Gasteiger partial charge in [0.2, 0.25) is 0 Å². The van der Waals surface area contributed by atoms with Crippen molar-refractivity contribution in [2.75, 3.05) is 0 Å². The molecule has 0 atom stereocenters. The van der Waals surface area contributed by atoms with E-state index in [-0.39, 0.29) is 0 Å². The van der Waals surface area contributed by atoms with Crippen LogP contribution >= 0.6 is 15.9 Å². The standard InChI is InChI=1S/C7H6BrN5/c1-13-7(10-11-12-13)6-3-2-5(8)4-9-6/h2-4H,1H3/p+1. The lowest BCUT2D eigenvalue weighted by molar-refractivity contribution is -0.721. The Kier molecular flexibility index (Phi) is 2.05. The van der Waals surface area contributed by atoms with Crippen LogP contribution in [-0.4, -0.2) is 20.5 Å². The van der Waals surface area contributed by atoms with E-state index in [0.717, 1.165) is 10.2 Å². The van der Waals surface area contributed by atoms with Crippen molar-refractivity contribution in [1.29, 1.82) is 0 Å². The number of aromatic nitrogens is 5. The quantitative estimate of drug-likeness (QED) is 0.737. The molecule has 0 radical (unpaired) electrons. The van der Waals surface area contributed by atoms with Crippen LogP contribution in [0, 0.1) is 0 Å². The number of rotatable bonds is 1. The van der Waals surface area contributed by atoms with Crippen molar-refractivity contribution in [1.82, 2.24) is 20.5 Å². The molecule has 0 aromatic carbocycles. The summed E-state index contributed by atoms with van der Waals surface area (Å²) in [6.45, 7) is 0. The molecule has 5 nitrogen and oxygen atoms in total. The van der Waals surface area contributed by atoms with E-state index in [1.165, 1.54) is 0 Å². The fourth-order valence-electron chi connectivity index (χ4n) is 0.982. The Morgan fingerprint density at radius 1 is 1.46 bits per heavy atom. The van der Waals surface area contributed by atoms with E-state index in [2.05, 4.69) is 36.4 Å². The fraction of sp³-hybridized carbons (Fsp3) is 0.143. The van der Waals surface area contributed by atoms with Gasteiger partial charge in [0.25, 0.3) is 0 Å². The molecule has 0 bridgehead atoms. The lowest BCUT2D eigenvalue weighted by Crippen LogP contribution is -2.32. The summed E-state index contributed by atoms with van der Waals surface area (Å²) in [7, 11) is 1.83. The number of halogens is 1. The molecule has 6 heteroatoms. The molecule has 1 N–H and O–H groups in total. The van der Waals surface area contributed by atoms with Crippen LogP contribution < -0.4 is 4.68 Å². The first-order valence-electron chi connectivity index (χ1n) is 3.66. The van der Waals surface area contributed by atoms with Crippen molar-refractivity contribution in [3.63, 3.8) is 0 Å². The molecule has 0 amide bonds. The number of hydrogen-bond acceptors (Lipinski definition) is 3. The lowest BCUT2D eigenvalue weighted by atomic mass is 10.3. The molecule has 2 heterocycles. The van der Waals surface area contributed by atoms with Gasteiger partial charge in [-0.15, -0.1) is 0 Å². The van der Waals surface area contributed by atoms with Crippen molar-refractivity contribution in [3.8, 4) is 11.5 Å². The molecule has 66 valence electrons. The molecule has 0 fully saturated rings. The number of aryl methyl sites for hydroxylation is 1. The highest BCUT2D eigenvalue weighted by molar-refractivity contribution is 9.10. The largest absolute Gasteiger partial charge is 0.350 e. The molecule has 2 rings (SSSR count). The first-order chi connectivity index (χ1) is 6.27. The highest BCUT2D eigenvalue weighted by Crippen LogP contribution is 2.12. The Morgan fingerprint density at radius 2 is 2.31 bits per heavy atom. The number of nitrogens with zero attached hydrogens (tertiary/aromatic N) is 4. The fourth-order valence-corrected chi connectivity index (χ4v) is 1.22. The summed E-state index contributed by atoms with van der Waals surface area (Å²) in [6, 6.07) is 3.79. The summed E-state index contributed by atoms with van der Waals surface area (Å²) < 4.78 is 2.65. The van der Waals surface area contributed by atoms with Crippen molar-refractivity contribution < 1.29 is 4.68 Å². The van der Waals surface area contributed by atoms with Gasteiger partial charge in [-0.3, -0.25) is 0 Å². The van der Waals surface area contributed by atoms with Gasteiger partial charge in [0.1, 0.15) is 10.8 Å². The maximum absolute atomic E-state index is 4.19. The molecular formula is C7H7BrN5+. The molecule has 0 aliphatic rings. The van der Waals surface area contributed by atoms with Gasteiger partial charge < -0.3 is 0 Å². The van der Waals surface area contributed by atoms with Crippen LogP contribution in [0.5, 0.6) is 0 Å². The zero-order chi connectivity index (χ0) is 9.26. The average molecular weight is 241 g/mol. The van der Waals surface area contributed by atoms with Gasteiger partial charge in [-0.2, -0.15) is 4.68 Å². The normalized spacial score (nSPS) is 10.3. The summed E-state index contributed by atoms with van der Waals surface area (Å²) in [6.07, 6.45) is 1.73. The van der Waals surface area contributed by atoms with Gasteiger partial charge in [0.15, 0.2) is 5.21 Å². The van der Waals surface area contributed by atoms with E-state index in [9.17, 15) is 0 Å². The second-order valence-electron chi connectivity index (χ2n) is 2.54. The van der Waals surface area contributed by atoms with E-state index < -0.39 is 0 Å². The molecule has 0 aliphatic carbocycles. The van der Waals surface area contributed by atoms with Gasteiger partial charge in [0, 0.05) is 10.7 Å². The highest BCUT2D eigenvalue weighted by atomic mass is 79.9. The molecule has 2 aromatic heterocycles. The zero-order valence-corrected chi connectivity index (χ0v) is 8.48. The summed E-state index contributed by atoms with van der Waals surface area (Å²) in [5.41, 5.74) is 0.791. The third-order valence-corrected chi connectivity index (χ3v) is 2.08. The van der Waals surface area contributed by atoms with Crippen LogP contribution in [0.25, 0.3) is 11.5 Å². The number of H-pyrrole nitrogens is 1. The van der Waals surface area contributed by atoms with Crippen molar-refractivity contribution in [2.45, 2.75) is 0 Å². The van der Waals surface area contributed by atoms with E-state index in [1.54, 1.807) is 10.9 Å². The van der Waals surface area contributed by atoms with E-state index in [1.807, 2.05) is 19.2 Å². The van der Waals surface area contributed by atoms with E-state index >= 15 is 0 Å². The molecular weight excluding hydrogens is 234 g/mol. The smallest absolute Gasteiger partial charge is 0.248 e. The molecule has 0 saturated heterocycles. The second-order valence-corrected chi connectivity index (χ2v) is 3.46.